The molecule has 1 aromatic carbocycles. The van der Waals surface area contributed by atoms with Crippen molar-refractivity contribution in [3.63, 3.8) is 0 Å². The maximum atomic E-state index is 13.4. The van der Waals surface area contributed by atoms with Crippen LogP contribution in [0.4, 0.5) is 11.4 Å². The lowest BCUT2D eigenvalue weighted by Crippen LogP contribution is -2.57. The predicted molar refractivity (Wildman–Crippen MR) is 111 cm³/mol. The minimum absolute atomic E-state index is 0.0363. The van der Waals surface area contributed by atoms with E-state index in [4.69, 9.17) is 0 Å². The van der Waals surface area contributed by atoms with Crippen molar-refractivity contribution in [3.8, 4) is 0 Å². The molecule has 2 aromatic rings. The second-order valence-corrected chi connectivity index (χ2v) is 7.62. The van der Waals surface area contributed by atoms with Gasteiger partial charge in [0.15, 0.2) is 0 Å². The summed E-state index contributed by atoms with van der Waals surface area (Å²) in [5, 5.41) is 9.51. The molecule has 0 saturated carbocycles. The summed E-state index contributed by atoms with van der Waals surface area (Å²) in [5.74, 6) is -1.24. The lowest BCUT2D eigenvalue weighted by molar-refractivity contribution is -0.143. The first kappa shape index (κ1) is 19.2. The van der Waals surface area contributed by atoms with E-state index in [0.29, 0.717) is 32.5 Å². The number of nitrogens with zero attached hydrogens (tertiary/aromatic N) is 4. The molecule has 0 aliphatic carbocycles. The normalized spacial score (nSPS) is 22.4. The number of piperidine rings is 1. The quantitative estimate of drug-likeness (QED) is 0.856. The second kappa shape index (κ2) is 8.51. The van der Waals surface area contributed by atoms with E-state index in [1.807, 2.05) is 47.4 Å². The molecule has 152 valence electrons. The van der Waals surface area contributed by atoms with Crippen LogP contribution in [0.1, 0.15) is 12.8 Å². The van der Waals surface area contributed by atoms with Crippen LogP contribution in [-0.2, 0) is 9.59 Å². The van der Waals surface area contributed by atoms with E-state index in [2.05, 4.69) is 14.8 Å². The van der Waals surface area contributed by atoms with Crippen LogP contribution >= 0.6 is 0 Å². The maximum Gasteiger partial charge on any atom is 0.306 e. The van der Waals surface area contributed by atoms with Crippen molar-refractivity contribution in [2.24, 2.45) is 5.92 Å². The number of benzene rings is 1. The van der Waals surface area contributed by atoms with Gasteiger partial charge >= 0.3 is 5.97 Å². The third-order valence-electron chi connectivity index (χ3n) is 5.94. The lowest BCUT2D eigenvalue weighted by atomic mass is 9.89. The van der Waals surface area contributed by atoms with Gasteiger partial charge in [0, 0.05) is 56.5 Å². The molecule has 3 heterocycles. The third kappa shape index (κ3) is 4.18. The molecule has 7 heteroatoms. The van der Waals surface area contributed by atoms with Crippen molar-refractivity contribution in [3.05, 3.63) is 54.9 Å². The summed E-state index contributed by atoms with van der Waals surface area (Å²) >= 11 is 0. The molecule has 2 aliphatic rings. The third-order valence-corrected chi connectivity index (χ3v) is 5.94. The molecule has 0 radical (unpaired) electrons. The van der Waals surface area contributed by atoms with Gasteiger partial charge in [-0.15, -0.1) is 0 Å². The molecule has 2 aliphatic heterocycles. The SMILES string of the molecule is O=C(O)C1CCN(c2ccccc2)C(C(=O)N2CCN(c3ccncc3)CC2)C1. The Bertz CT molecular complexity index is 838. The number of carbonyl (C=O) groups excluding carboxylic acids is 1. The van der Waals surface area contributed by atoms with Crippen molar-refractivity contribution in [2.75, 3.05) is 42.5 Å². The standard InChI is InChI=1S/C22H26N4O3/c27-21(25-14-12-24(13-15-25)18-6-9-23-10-7-18)20-16-17(22(28)29)8-11-26(20)19-4-2-1-3-5-19/h1-7,9-10,17,20H,8,11-16H2,(H,28,29). The van der Waals surface area contributed by atoms with Crippen LogP contribution in [0.3, 0.4) is 0 Å². The highest BCUT2D eigenvalue weighted by Gasteiger charge is 2.39. The van der Waals surface area contributed by atoms with Crippen LogP contribution in [0.25, 0.3) is 0 Å². The van der Waals surface area contributed by atoms with E-state index in [9.17, 15) is 14.7 Å². The highest BCUT2D eigenvalue weighted by atomic mass is 16.4. The Morgan fingerprint density at radius 3 is 2.24 bits per heavy atom. The van der Waals surface area contributed by atoms with Crippen LogP contribution in [0.5, 0.6) is 0 Å². The van der Waals surface area contributed by atoms with Crippen LogP contribution in [-0.4, -0.2) is 65.6 Å². The van der Waals surface area contributed by atoms with Gasteiger partial charge in [-0.3, -0.25) is 14.6 Å². The minimum Gasteiger partial charge on any atom is -0.481 e. The first-order valence-corrected chi connectivity index (χ1v) is 10.1. The number of aromatic nitrogens is 1. The molecule has 1 aromatic heterocycles. The molecule has 1 amide bonds. The number of aliphatic carboxylic acids is 1. The van der Waals surface area contributed by atoms with E-state index in [1.165, 1.54) is 0 Å². The monoisotopic (exact) mass is 394 g/mol. The number of piperazine rings is 1. The van der Waals surface area contributed by atoms with Crippen molar-refractivity contribution in [1.82, 2.24) is 9.88 Å². The molecule has 1 N–H and O–H groups in total. The fourth-order valence-electron chi connectivity index (χ4n) is 4.30. The molecule has 2 atom stereocenters. The highest BCUT2D eigenvalue weighted by molar-refractivity contribution is 5.87. The van der Waals surface area contributed by atoms with Crippen molar-refractivity contribution in [1.29, 1.82) is 0 Å². The molecule has 7 nitrogen and oxygen atoms in total. The number of carbonyl (C=O) groups is 2. The van der Waals surface area contributed by atoms with Gasteiger partial charge in [-0.1, -0.05) is 18.2 Å². The zero-order valence-corrected chi connectivity index (χ0v) is 16.4. The van der Waals surface area contributed by atoms with E-state index >= 15 is 0 Å². The van der Waals surface area contributed by atoms with Gasteiger partial charge in [0.2, 0.25) is 5.91 Å². The zero-order valence-electron chi connectivity index (χ0n) is 16.4. The molecule has 29 heavy (non-hydrogen) atoms. The Balaban J connectivity index is 1.47. The van der Waals surface area contributed by atoms with Gasteiger partial charge < -0.3 is 19.8 Å². The predicted octanol–water partition coefficient (Wildman–Crippen LogP) is 2.10. The van der Waals surface area contributed by atoms with Crippen molar-refractivity contribution in [2.45, 2.75) is 18.9 Å². The lowest BCUT2D eigenvalue weighted by Gasteiger charge is -2.43. The smallest absolute Gasteiger partial charge is 0.306 e. The number of hydrogen-bond donors (Lipinski definition) is 1. The number of para-hydroxylation sites is 1. The average Bonchev–Trinajstić information content (AvgIpc) is 2.79. The molecule has 0 spiro atoms. The number of pyridine rings is 1. The van der Waals surface area contributed by atoms with Crippen molar-refractivity contribution < 1.29 is 14.7 Å². The molecular formula is C22H26N4O3. The summed E-state index contributed by atoms with van der Waals surface area (Å²) in [7, 11) is 0. The molecular weight excluding hydrogens is 368 g/mol. The van der Waals surface area contributed by atoms with Crippen molar-refractivity contribution >= 4 is 23.3 Å². The van der Waals surface area contributed by atoms with Crippen LogP contribution in [0.2, 0.25) is 0 Å². The van der Waals surface area contributed by atoms with E-state index in [0.717, 1.165) is 24.5 Å². The summed E-state index contributed by atoms with van der Waals surface area (Å²) in [5.41, 5.74) is 2.09. The summed E-state index contributed by atoms with van der Waals surface area (Å²) in [4.78, 5) is 35.3. The first-order valence-electron chi connectivity index (χ1n) is 10.1. The summed E-state index contributed by atoms with van der Waals surface area (Å²) in [6.07, 6.45) is 4.47. The number of amides is 1. The molecule has 2 unspecified atom stereocenters. The van der Waals surface area contributed by atoms with Crippen LogP contribution in [0, 0.1) is 5.92 Å². The van der Waals surface area contributed by atoms with Gasteiger partial charge in [-0.25, -0.2) is 0 Å². The Hall–Kier alpha value is -3.09. The fourth-order valence-corrected chi connectivity index (χ4v) is 4.30. The molecule has 4 rings (SSSR count). The first-order chi connectivity index (χ1) is 14.1. The second-order valence-electron chi connectivity index (χ2n) is 7.62. The number of anilines is 2. The van der Waals surface area contributed by atoms with E-state index in [-0.39, 0.29) is 5.91 Å². The number of carboxylic acids is 1. The van der Waals surface area contributed by atoms with E-state index in [1.54, 1.807) is 12.4 Å². The average molecular weight is 394 g/mol. The van der Waals surface area contributed by atoms with Crippen LogP contribution < -0.4 is 9.80 Å². The van der Waals surface area contributed by atoms with E-state index < -0.39 is 17.9 Å². The molecule has 2 fully saturated rings. The van der Waals surface area contributed by atoms with Crippen LogP contribution in [0.15, 0.2) is 54.9 Å². The zero-order chi connectivity index (χ0) is 20.2. The topological polar surface area (TPSA) is 77.0 Å². The number of carboxylic acid groups (broad SMARTS) is 1. The number of rotatable bonds is 4. The fraction of sp³-hybridized carbons (Fsp3) is 0.409. The Morgan fingerprint density at radius 2 is 1.59 bits per heavy atom. The summed E-state index contributed by atoms with van der Waals surface area (Å²) in [6.45, 7) is 3.37. The van der Waals surface area contributed by atoms with Gasteiger partial charge in [-0.05, 0) is 37.1 Å². The Labute approximate surface area is 170 Å². The van der Waals surface area contributed by atoms with Gasteiger partial charge in [0.05, 0.1) is 5.92 Å². The molecule has 2 saturated heterocycles. The van der Waals surface area contributed by atoms with Gasteiger partial charge in [-0.2, -0.15) is 0 Å². The maximum absolute atomic E-state index is 13.4. The van der Waals surface area contributed by atoms with Gasteiger partial charge in [0.1, 0.15) is 6.04 Å². The van der Waals surface area contributed by atoms with Gasteiger partial charge in [0.25, 0.3) is 0 Å². The summed E-state index contributed by atoms with van der Waals surface area (Å²) in [6, 6.07) is 13.4. The highest BCUT2D eigenvalue weighted by Crippen LogP contribution is 2.30. The Kier molecular flexibility index (Phi) is 5.64. The number of hydrogen-bond acceptors (Lipinski definition) is 5. The Morgan fingerprint density at radius 1 is 0.897 bits per heavy atom. The molecule has 0 bridgehead atoms. The minimum atomic E-state index is -0.807. The largest absolute Gasteiger partial charge is 0.481 e. The summed E-state index contributed by atoms with van der Waals surface area (Å²) < 4.78 is 0.